The molecule has 5 heteroatoms. The van der Waals surface area contributed by atoms with Crippen LogP contribution in [-0.2, 0) is 4.74 Å². The average molecular weight is 282 g/mol. The maximum Gasteiger partial charge on any atom is 0.317 e. The molecule has 2 N–H and O–H groups in total. The summed E-state index contributed by atoms with van der Waals surface area (Å²) in [6.07, 6.45) is 6.28. The Morgan fingerprint density at radius 2 is 2.05 bits per heavy atom. The number of urea groups is 1. The fraction of sp³-hybridized carbons (Fsp3) is 0.933. The third-order valence-corrected chi connectivity index (χ3v) is 5.43. The van der Waals surface area contributed by atoms with E-state index in [1.54, 1.807) is 11.8 Å². The van der Waals surface area contributed by atoms with E-state index in [1.807, 2.05) is 0 Å². The van der Waals surface area contributed by atoms with Crippen molar-refractivity contribution < 1.29 is 14.6 Å². The second-order valence-corrected chi connectivity index (χ2v) is 7.04. The van der Waals surface area contributed by atoms with Gasteiger partial charge in [-0.1, -0.05) is 6.42 Å². The molecule has 114 valence electrons. The number of nitrogens with one attached hydrogen (secondary N) is 1. The van der Waals surface area contributed by atoms with Crippen LogP contribution in [0.3, 0.4) is 0 Å². The third-order valence-electron chi connectivity index (χ3n) is 5.43. The minimum absolute atomic E-state index is 0.000502. The number of carbonyl (C=O) groups is 1. The predicted molar refractivity (Wildman–Crippen MR) is 75.5 cm³/mol. The lowest BCUT2D eigenvalue weighted by Crippen LogP contribution is -2.51. The minimum atomic E-state index is -0.719. The van der Waals surface area contributed by atoms with Gasteiger partial charge in [-0.25, -0.2) is 4.79 Å². The molecule has 2 atom stereocenters. The zero-order chi connectivity index (χ0) is 14.2. The first-order valence-corrected chi connectivity index (χ1v) is 7.86. The summed E-state index contributed by atoms with van der Waals surface area (Å²) in [5, 5.41) is 13.2. The quantitative estimate of drug-likeness (QED) is 0.766. The van der Waals surface area contributed by atoms with Gasteiger partial charge in [-0.2, -0.15) is 0 Å². The summed E-state index contributed by atoms with van der Waals surface area (Å²) < 4.78 is 5.48. The van der Waals surface area contributed by atoms with Crippen molar-refractivity contribution in [2.75, 3.05) is 26.3 Å². The Kier molecular flexibility index (Phi) is 3.67. The lowest BCUT2D eigenvalue weighted by atomic mass is 9.75. The Morgan fingerprint density at radius 1 is 1.30 bits per heavy atom. The van der Waals surface area contributed by atoms with Crippen molar-refractivity contribution in [1.82, 2.24) is 10.2 Å². The van der Waals surface area contributed by atoms with E-state index in [-0.39, 0.29) is 17.5 Å². The maximum absolute atomic E-state index is 12.4. The van der Waals surface area contributed by atoms with Crippen LogP contribution in [0.15, 0.2) is 0 Å². The third kappa shape index (κ3) is 2.66. The van der Waals surface area contributed by atoms with Gasteiger partial charge in [-0.15, -0.1) is 0 Å². The number of amides is 2. The molecule has 1 saturated carbocycles. The first-order valence-electron chi connectivity index (χ1n) is 7.86. The van der Waals surface area contributed by atoms with Crippen molar-refractivity contribution >= 4 is 6.03 Å². The number of β-amino-alcohol motifs (C(OH)–C–C–N with tert-alkyl or cyclic N) is 1. The van der Waals surface area contributed by atoms with E-state index in [4.69, 9.17) is 4.74 Å². The molecular formula is C15H26N2O3. The maximum atomic E-state index is 12.4. The fourth-order valence-electron chi connectivity index (χ4n) is 4.10. The normalized spacial score (nSPS) is 36.5. The number of carbonyl (C=O) groups excluding carboxylic acids is 1. The Balaban J connectivity index is 1.61. The lowest BCUT2D eigenvalue weighted by molar-refractivity contribution is 0.00535. The molecule has 2 heterocycles. The van der Waals surface area contributed by atoms with Crippen LogP contribution in [-0.4, -0.2) is 54.0 Å². The van der Waals surface area contributed by atoms with E-state index in [0.717, 1.165) is 32.5 Å². The number of nitrogens with zero attached hydrogens (tertiary/aromatic N) is 1. The van der Waals surface area contributed by atoms with Crippen LogP contribution in [0.1, 0.15) is 45.4 Å². The van der Waals surface area contributed by atoms with E-state index < -0.39 is 5.60 Å². The average Bonchev–Trinajstić information content (AvgIpc) is 2.95. The highest BCUT2D eigenvalue weighted by molar-refractivity contribution is 5.75. The SMILES string of the molecule is C[C@]1(O)CCN(C(=O)N[C@H]2CCCC23CCOCC3)C1. The van der Waals surface area contributed by atoms with Crippen molar-refractivity contribution in [3.63, 3.8) is 0 Å². The smallest absolute Gasteiger partial charge is 0.317 e. The zero-order valence-corrected chi connectivity index (χ0v) is 12.4. The highest BCUT2D eigenvalue weighted by atomic mass is 16.5. The molecule has 2 aliphatic heterocycles. The van der Waals surface area contributed by atoms with Gasteiger partial charge in [0, 0.05) is 25.8 Å². The minimum Gasteiger partial charge on any atom is -0.388 e. The summed E-state index contributed by atoms with van der Waals surface area (Å²) in [4.78, 5) is 14.1. The summed E-state index contributed by atoms with van der Waals surface area (Å²) in [5.74, 6) is 0. The molecule has 3 rings (SSSR count). The van der Waals surface area contributed by atoms with Gasteiger partial charge in [0.05, 0.1) is 12.1 Å². The van der Waals surface area contributed by atoms with Crippen LogP contribution >= 0.6 is 0 Å². The highest BCUT2D eigenvalue weighted by Crippen LogP contribution is 2.46. The zero-order valence-electron chi connectivity index (χ0n) is 12.4. The van der Waals surface area contributed by atoms with Gasteiger partial charge < -0.3 is 20.1 Å². The summed E-state index contributed by atoms with van der Waals surface area (Å²) in [6, 6.07) is 0.282. The van der Waals surface area contributed by atoms with Crippen molar-refractivity contribution in [3.05, 3.63) is 0 Å². The molecule has 0 aromatic carbocycles. The number of rotatable bonds is 1. The molecule has 20 heavy (non-hydrogen) atoms. The molecule has 3 aliphatic rings. The van der Waals surface area contributed by atoms with Crippen molar-refractivity contribution in [2.24, 2.45) is 5.41 Å². The summed E-state index contributed by atoms with van der Waals surface area (Å²) >= 11 is 0. The van der Waals surface area contributed by atoms with Crippen LogP contribution in [0, 0.1) is 5.41 Å². The van der Waals surface area contributed by atoms with Crippen LogP contribution < -0.4 is 5.32 Å². The molecule has 5 nitrogen and oxygen atoms in total. The van der Waals surface area contributed by atoms with E-state index >= 15 is 0 Å². The molecule has 1 aliphatic carbocycles. The van der Waals surface area contributed by atoms with E-state index in [1.165, 1.54) is 12.8 Å². The lowest BCUT2D eigenvalue weighted by Gasteiger charge is -2.39. The molecular weight excluding hydrogens is 256 g/mol. The Hall–Kier alpha value is -0.810. The number of aliphatic hydroxyl groups is 1. The van der Waals surface area contributed by atoms with Gasteiger partial charge in [0.15, 0.2) is 0 Å². The largest absolute Gasteiger partial charge is 0.388 e. The molecule has 2 saturated heterocycles. The van der Waals surface area contributed by atoms with Crippen LogP contribution in [0.5, 0.6) is 0 Å². The fourth-order valence-corrected chi connectivity index (χ4v) is 4.10. The molecule has 0 unspecified atom stereocenters. The summed E-state index contributed by atoms with van der Waals surface area (Å²) in [6.45, 7) is 4.55. The predicted octanol–water partition coefficient (Wildman–Crippen LogP) is 1.50. The van der Waals surface area contributed by atoms with Gasteiger partial charge >= 0.3 is 6.03 Å². The Labute approximate surface area is 120 Å². The van der Waals surface area contributed by atoms with Crippen molar-refractivity contribution in [2.45, 2.75) is 57.1 Å². The number of ether oxygens (including phenoxy) is 1. The second-order valence-electron chi connectivity index (χ2n) is 7.04. The molecule has 2 amide bonds. The number of hydrogen-bond donors (Lipinski definition) is 2. The number of likely N-dealkylation sites (tertiary alicyclic amines) is 1. The van der Waals surface area contributed by atoms with E-state index in [0.29, 0.717) is 19.5 Å². The topological polar surface area (TPSA) is 61.8 Å². The van der Waals surface area contributed by atoms with Crippen LogP contribution in [0.4, 0.5) is 4.79 Å². The van der Waals surface area contributed by atoms with E-state index in [2.05, 4.69) is 5.32 Å². The summed E-state index contributed by atoms with van der Waals surface area (Å²) in [5.41, 5.74) is -0.459. The van der Waals surface area contributed by atoms with Gasteiger partial charge in [0.1, 0.15) is 0 Å². The molecule has 0 aromatic heterocycles. The monoisotopic (exact) mass is 282 g/mol. The Morgan fingerprint density at radius 3 is 2.70 bits per heavy atom. The molecule has 0 radical (unpaired) electrons. The second kappa shape index (κ2) is 5.19. The van der Waals surface area contributed by atoms with Crippen molar-refractivity contribution in [3.8, 4) is 0 Å². The highest BCUT2D eigenvalue weighted by Gasteiger charge is 2.45. The molecule has 1 spiro atoms. The van der Waals surface area contributed by atoms with Gasteiger partial charge in [-0.05, 0) is 44.4 Å². The molecule has 0 bridgehead atoms. The van der Waals surface area contributed by atoms with Gasteiger partial charge in [-0.3, -0.25) is 0 Å². The van der Waals surface area contributed by atoms with Crippen LogP contribution in [0.2, 0.25) is 0 Å². The standard InChI is InChI=1S/C15H26N2O3/c1-14(19)5-8-17(11-14)13(18)16-12-3-2-4-15(12)6-9-20-10-7-15/h12,19H,2-11H2,1H3,(H,16,18)/t12-,14-/m0/s1. The van der Waals surface area contributed by atoms with Gasteiger partial charge in [0.2, 0.25) is 0 Å². The molecule has 3 fully saturated rings. The number of hydrogen-bond acceptors (Lipinski definition) is 3. The molecule has 0 aromatic rings. The first-order chi connectivity index (χ1) is 9.51. The Bertz CT molecular complexity index is 377. The van der Waals surface area contributed by atoms with Crippen molar-refractivity contribution in [1.29, 1.82) is 0 Å². The van der Waals surface area contributed by atoms with E-state index in [9.17, 15) is 9.90 Å². The first kappa shape index (κ1) is 14.1. The summed E-state index contributed by atoms with van der Waals surface area (Å²) in [7, 11) is 0. The van der Waals surface area contributed by atoms with Crippen LogP contribution in [0.25, 0.3) is 0 Å². The van der Waals surface area contributed by atoms with Gasteiger partial charge in [0.25, 0.3) is 0 Å².